The van der Waals surface area contributed by atoms with Gasteiger partial charge in [-0.25, -0.2) is 17.9 Å². The highest BCUT2D eigenvalue weighted by molar-refractivity contribution is 7.89. The molecular weight excluding hydrogens is 375 g/mol. The van der Waals surface area contributed by atoms with Crippen molar-refractivity contribution in [2.24, 2.45) is 5.14 Å². The van der Waals surface area contributed by atoms with Crippen LogP contribution in [-0.4, -0.2) is 31.1 Å². The van der Waals surface area contributed by atoms with Gasteiger partial charge in [0.15, 0.2) is 0 Å². The van der Waals surface area contributed by atoms with Gasteiger partial charge >= 0.3 is 11.8 Å². The molecule has 0 atom stereocenters. The molecule has 3 rings (SSSR count). The number of aromatic nitrogens is 2. The van der Waals surface area contributed by atoms with Gasteiger partial charge < -0.3 is 9.73 Å². The van der Waals surface area contributed by atoms with Crippen LogP contribution in [0.1, 0.15) is 16.2 Å². The quantitative estimate of drug-likeness (QED) is 0.656. The Balaban J connectivity index is 1.58. The van der Waals surface area contributed by atoms with Crippen molar-refractivity contribution in [1.29, 1.82) is 0 Å². The van der Waals surface area contributed by atoms with Crippen LogP contribution < -0.4 is 10.5 Å². The summed E-state index contributed by atoms with van der Waals surface area (Å²) in [6, 6.07) is 11.9. The lowest BCUT2D eigenvalue weighted by molar-refractivity contribution is 0.0920. The fraction of sp³-hybridized carbons (Fsp3) is 0.118. The Bertz CT molecular complexity index is 1060. The molecule has 0 aliphatic heterocycles. The molecule has 1 amide bonds. The van der Waals surface area contributed by atoms with Gasteiger partial charge in [-0.3, -0.25) is 4.79 Å². The molecule has 140 valence electrons. The summed E-state index contributed by atoms with van der Waals surface area (Å²) in [5.74, 6) is -1.49. The number of sulfonamides is 1. The van der Waals surface area contributed by atoms with E-state index in [4.69, 9.17) is 9.56 Å². The monoisotopic (exact) mass is 390 g/mol. The summed E-state index contributed by atoms with van der Waals surface area (Å²) in [6.07, 6.45) is 0.449. The van der Waals surface area contributed by atoms with Crippen LogP contribution in [0.2, 0.25) is 0 Å². The van der Waals surface area contributed by atoms with Crippen molar-refractivity contribution in [2.75, 3.05) is 6.54 Å². The van der Waals surface area contributed by atoms with Gasteiger partial charge in [0.1, 0.15) is 5.82 Å². The number of primary sulfonamides is 1. The fourth-order valence-electron chi connectivity index (χ4n) is 2.30. The standard InChI is InChI=1S/C17H15FN4O4S/c18-14-4-2-1-3-13(14)16-21-22-17(26-16)15(23)20-10-9-11-5-7-12(8-6-11)27(19,24)25/h1-8H,9-10H2,(H,20,23)(H2,19,24,25). The molecule has 10 heteroatoms. The van der Waals surface area contributed by atoms with E-state index in [9.17, 15) is 17.6 Å². The first kappa shape index (κ1) is 18.7. The maximum Gasteiger partial charge on any atom is 0.308 e. The largest absolute Gasteiger partial charge is 0.412 e. The molecule has 8 nitrogen and oxygen atoms in total. The first-order chi connectivity index (χ1) is 12.8. The van der Waals surface area contributed by atoms with Crippen molar-refractivity contribution in [2.45, 2.75) is 11.3 Å². The highest BCUT2D eigenvalue weighted by Gasteiger charge is 2.17. The average Bonchev–Trinajstić information content (AvgIpc) is 3.12. The second-order valence-corrected chi connectivity index (χ2v) is 7.15. The van der Waals surface area contributed by atoms with E-state index < -0.39 is 21.7 Å². The number of nitrogens with one attached hydrogen (secondary N) is 1. The highest BCUT2D eigenvalue weighted by Crippen LogP contribution is 2.20. The fourth-order valence-corrected chi connectivity index (χ4v) is 2.82. The molecule has 0 radical (unpaired) electrons. The van der Waals surface area contributed by atoms with E-state index in [1.807, 2.05) is 0 Å². The van der Waals surface area contributed by atoms with Crippen LogP contribution in [0.4, 0.5) is 4.39 Å². The molecule has 0 aliphatic rings. The van der Waals surface area contributed by atoms with Crippen molar-refractivity contribution in [3.05, 3.63) is 65.8 Å². The van der Waals surface area contributed by atoms with Gasteiger partial charge in [-0.15, -0.1) is 10.2 Å². The number of benzene rings is 2. The Kier molecular flexibility index (Phi) is 5.28. The molecule has 0 saturated heterocycles. The van der Waals surface area contributed by atoms with E-state index >= 15 is 0 Å². The molecule has 3 aromatic rings. The smallest absolute Gasteiger partial charge is 0.308 e. The maximum atomic E-state index is 13.7. The SMILES string of the molecule is NS(=O)(=O)c1ccc(CCNC(=O)c2nnc(-c3ccccc3F)o2)cc1. The number of rotatable bonds is 6. The number of nitrogens with two attached hydrogens (primary N) is 1. The van der Waals surface area contributed by atoms with Crippen LogP contribution in [0.5, 0.6) is 0 Å². The molecule has 27 heavy (non-hydrogen) atoms. The van der Waals surface area contributed by atoms with Crippen LogP contribution in [0.3, 0.4) is 0 Å². The lowest BCUT2D eigenvalue weighted by Crippen LogP contribution is -2.26. The van der Waals surface area contributed by atoms with Crippen molar-refractivity contribution in [3.8, 4) is 11.5 Å². The lowest BCUT2D eigenvalue weighted by Gasteiger charge is -2.04. The topological polar surface area (TPSA) is 128 Å². The highest BCUT2D eigenvalue weighted by atomic mass is 32.2. The van der Waals surface area contributed by atoms with E-state index in [2.05, 4.69) is 15.5 Å². The molecule has 0 bridgehead atoms. The summed E-state index contributed by atoms with van der Waals surface area (Å²) in [6.45, 7) is 0.255. The summed E-state index contributed by atoms with van der Waals surface area (Å²) in [7, 11) is -3.74. The molecule has 0 aliphatic carbocycles. The molecule has 0 unspecified atom stereocenters. The molecule has 1 heterocycles. The second-order valence-electron chi connectivity index (χ2n) is 5.59. The number of amides is 1. The molecule has 3 N–H and O–H groups in total. The number of halogens is 1. The third kappa shape index (κ3) is 4.54. The Hall–Kier alpha value is -3.11. The number of hydrogen-bond acceptors (Lipinski definition) is 6. The molecule has 2 aromatic carbocycles. The van der Waals surface area contributed by atoms with Crippen molar-refractivity contribution < 1.29 is 22.0 Å². The number of carbonyl (C=O) groups is 1. The van der Waals surface area contributed by atoms with Gasteiger partial charge in [-0.1, -0.05) is 24.3 Å². The van der Waals surface area contributed by atoms with Gasteiger partial charge in [0.25, 0.3) is 5.89 Å². The Morgan fingerprint density at radius 2 is 1.81 bits per heavy atom. The lowest BCUT2D eigenvalue weighted by atomic mass is 10.1. The minimum Gasteiger partial charge on any atom is -0.412 e. The minimum atomic E-state index is -3.74. The van der Waals surface area contributed by atoms with Crippen LogP contribution in [0, 0.1) is 5.82 Å². The molecule has 0 fully saturated rings. The maximum absolute atomic E-state index is 13.7. The van der Waals surface area contributed by atoms with Crippen LogP contribution in [0.25, 0.3) is 11.5 Å². The molecular formula is C17H15FN4O4S. The minimum absolute atomic E-state index is 0.0156. The van der Waals surface area contributed by atoms with Crippen LogP contribution in [-0.2, 0) is 16.4 Å². The van der Waals surface area contributed by atoms with Gasteiger partial charge in [0.2, 0.25) is 10.0 Å². The van der Waals surface area contributed by atoms with E-state index in [0.29, 0.717) is 6.42 Å². The Morgan fingerprint density at radius 3 is 2.48 bits per heavy atom. The number of hydrogen-bond donors (Lipinski definition) is 2. The third-order valence-electron chi connectivity index (χ3n) is 3.67. The van der Waals surface area contributed by atoms with Crippen LogP contribution >= 0.6 is 0 Å². The van der Waals surface area contributed by atoms with E-state index in [1.165, 1.54) is 30.3 Å². The summed E-state index contributed by atoms with van der Waals surface area (Å²) in [4.78, 5) is 12.1. The predicted octanol–water partition coefficient (Wildman–Crippen LogP) is 1.50. The molecule has 0 saturated carbocycles. The third-order valence-corrected chi connectivity index (χ3v) is 4.60. The zero-order chi connectivity index (χ0) is 19.4. The summed E-state index contributed by atoms with van der Waals surface area (Å²) in [5, 5.41) is 14.9. The normalized spacial score (nSPS) is 11.3. The zero-order valence-electron chi connectivity index (χ0n) is 13.9. The van der Waals surface area contributed by atoms with Gasteiger partial charge in [0.05, 0.1) is 10.5 Å². The first-order valence-electron chi connectivity index (χ1n) is 7.83. The van der Waals surface area contributed by atoms with Gasteiger partial charge in [-0.05, 0) is 36.2 Å². The molecule has 1 aromatic heterocycles. The van der Waals surface area contributed by atoms with Crippen LogP contribution in [0.15, 0.2) is 57.8 Å². The van der Waals surface area contributed by atoms with Gasteiger partial charge in [-0.2, -0.15) is 0 Å². The zero-order valence-corrected chi connectivity index (χ0v) is 14.7. The first-order valence-corrected chi connectivity index (χ1v) is 9.37. The summed E-state index contributed by atoms with van der Waals surface area (Å²) < 4.78 is 41.3. The predicted molar refractivity (Wildman–Crippen MR) is 93.5 cm³/mol. The Morgan fingerprint density at radius 1 is 1.11 bits per heavy atom. The molecule has 0 spiro atoms. The van der Waals surface area contributed by atoms with Gasteiger partial charge in [0, 0.05) is 6.54 Å². The van der Waals surface area contributed by atoms with Crippen molar-refractivity contribution >= 4 is 15.9 Å². The Labute approximate surface area is 154 Å². The summed E-state index contributed by atoms with van der Waals surface area (Å²) in [5.41, 5.74) is 0.916. The summed E-state index contributed by atoms with van der Waals surface area (Å²) >= 11 is 0. The number of carbonyl (C=O) groups excluding carboxylic acids is 1. The van der Waals surface area contributed by atoms with E-state index in [1.54, 1.807) is 18.2 Å². The van der Waals surface area contributed by atoms with E-state index in [-0.39, 0.29) is 28.8 Å². The van der Waals surface area contributed by atoms with E-state index in [0.717, 1.165) is 5.56 Å². The average molecular weight is 390 g/mol. The second kappa shape index (κ2) is 7.64. The van der Waals surface area contributed by atoms with Crippen molar-refractivity contribution in [3.63, 3.8) is 0 Å². The number of nitrogens with zero attached hydrogens (tertiary/aromatic N) is 2. The van der Waals surface area contributed by atoms with Crippen molar-refractivity contribution in [1.82, 2.24) is 15.5 Å².